The number of anilines is 3. The number of piperidine rings is 2. The van der Waals surface area contributed by atoms with E-state index < -0.39 is 17.4 Å². The molecule has 4 aliphatic heterocycles. The number of pyridine rings is 1. The number of aromatic nitrogens is 3. The van der Waals surface area contributed by atoms with Gasteiger partial charge in [-0.05, 0) is 128 Å². The zero-order chi connectivity index (χ0) is 39.7. The van der Waals surface area contributed by atoms with Crippen LogP contribution in [0, 0.1) is 12.7 Å². The summed E-state index contributed by atoms with van der Waals surface area (Å²) in [7, 11) is 0. The van der Waals surface area contributed by atoms with Gasteiger partial charge in [0.1, 0.15) is 17.5 Å². The van der Waals surface area contributed by atoms with Crippen molar-refractivity contribution in [1.82, 2.24) is 29.7 Å². The molecule has 0 unspecified atom stereocenters. The van der Waals surface area contributed by atoms with Crippen molar-refractivity contribution in [3.8, 4) is 11.3 Å². The quantitative estimate of drug-likeness (QED) is 0.186. The van der Waals surface area contributed by atoms with Gasteiger partial charge in [0.2, 0.25) is 5.91 Å². The average molecular weight is 781 g/mol. The van der Waals surface area contributed by atoms with E-state index >= 15 is 4.39 Å². The number of benzene rings is 2. The molecule has 4 fully saturated rings. The van der Waals surface area contributed by atoms with Gasteiger partial charge in [-0.1, -0.05) is 12.1 Å². The topological polar surface area (TPSA) is 108 Å². The molecule has 4 aromatic rings. The molecule has 1 saturated carbocycles. The van der Waals surface area contributed by atoms with E-state index in [2.05, 4.69) is 57.4 Å². The van der Waals surface area contributed by atoms with Gasteiger partial charge in [0.15, 0.2) is 5.82 Å². The summed E-state index contributed by atoms with van der Waals surface area (Å²) in [5.41, 5.74) is 5.32. The molecular formula is C44H54F2N8O3. The van der Waals surface area contributed by atoms with Gasteiger partial charge < -0.3 is 24.8 Å². The standard InChI is InChI=1S/C44H54F2N8O3/c1-25(2)48-42(55)33-19-37(35(46)15-27(33)5)50-41-40-38(47-24-53(40)26(3)4)20-36(49-41)28-8-9-34-39(16-28)54(31-17-30(18-31)52-12-6-7-29(45)21-52)43(56)44(34)10-13-51(14-11-44)32-22-57-23-32/h8-9,15-16,19-20,24-26,29-32H,6-7,10-14,17-18,21-23H2,1-5H3,(H,48,55)(H,49,50)/t29-,30-,31+/m1/s1. The predicted octanol–water partition coefficient (Wildman–Crippen LogP) is 7.05. The molecular weight excluding hydrogens is 727 g/mol. The molecule has 3 saturated heterocycles. The Morgan fingerprint density at radius 1 is 0.982 bits per heavy atom. The van der Waals surface area contributed by atoms with Gasteiger partial charge in [0.05, 0.1) is 47.9 Å². The molecule has 1 spiro atoms. The number of hydrogen-bond acceptors (Lipinski definition) is 8. The minimum atomic E-state index is -0.783. The summed E-state index contributed by atoms with van der Waals surface area (Å²) in [6.07, 6.45) is 5.65. The first-order valence-electron chi connectivity index (χ1n) is 20.8. The average Bonchev–Trinajstić information content (AvgIpc) is 3.66. The zero-order valence-electron chi connectivity index (χ0n) is 33.7. The summed E-state index contributed by atoms with van der Waals surface area (Å²) in [6, 6.07) is 11.9. The van der Waals surface area contributed by atoms with E-state index in [4.69, 9.17) is 14.7 Å². The molecule has 13 heteroatoms. The number of aryl methyl sites for hydroxylation is 1. The van der Waals surface area contributed by atoms with E-state index in [9.17, 15) is 14.0 Å². The first kappa shape index (κ1) is 38.1. The number of ether oxygens (including phenoxy) is 1. The number of rotatable bonds is 9. The van der Waals surface area contributed by atoms with Gasteiger partial charge in [-0.15, -0.1) is 0 Å². The molecule has 0 bridgehead atoms. The highest BCUT2D eigenvalue weighted by atomic mass is 19.1. The Bertz CT molecular complexity index is 2200. The molecule has 1 aliphatic carbocycles. The molecule has 302 valence electrons. The number of fused-ring (bicyclic) bond motifs is 3. The monoisotopic (exact) mass is 780 g/mol. The number of amides is 2. The number of imidazole rings is 1. The normalized spacial score (nSPS) is 24.0. The minimum Gasteiger partial charge on any atom is -0.378 e. The molecule has 0 radical (unpaired) electrons. The van der Waals surface area contributed by atoms with Crippen molar-refractivity contribution in [2.75, 3.05) is 49.6 Å². The van der Waals surface area contributed by atoms with E-state index in [-0.39, 0.29) is 41.7 Å². The minimum absolute atomic E-state index is 0.0370. The Labute approximate surface area is 333 Å². The van der Waals surface area contributed by atoms with Gasteiger partial charge in [0.25, 0.3) is 5.91 Å². The molecule has 5 aliphatic rings. The highest BCUT2D eigenvalue weighted by molar-refractivity contribution is 6.09. The first-order valence-corrected chi connectivity index (χ1v) is 20.8. The molecule has 9 rings (SSSR count). The highest BCUT2D eigenvalue weighted by Gasteiger charge is 2.56. The van der Waals surface area contributed by atoms with Crippen LogP contribution >= 0.6 is 0 Å². The van der Waals surface area contributed by atoms with Gasteiger partial charge in [-0.25, -0.2) is 18.7 Å². The molecule has 2 N–H and O–H groups in total. The van der Waals surface area contributed by atoms with Crippen LogP contribution in [-0.2, 0) is 14.9 Å². The van der Waals surface area contributed by atoms with E-state index in [1.165, 1.54) is 6.07 Å². The van der Waals surface area contributed by atoms with Crippen LogP contribution in [0.2, 0.25) is 0 Å². The molecule has 2 amide bonds. The number of carbonyl (C=O) groups is 2. The van der Waals surface area contributed by atoms with Crippen LogP contribution in [0.1, 0.15) is 93.7 Å². The Morgan fingerprint density at radius 2 is 1.75 bits per heavy atom. The second-order valence-electron chi connectivity index (χ2n) is 17.6. The van der Waals surface area contributed by atoms with Crippen molar-refractivity contribution < 1.29 is 23.1 Å². The van der Waals surface area contributed by atoms with Crippen LogP contribution in [0.5, 0.6) is 0 Å². The maximum atomic E-state index is 15.7. The number of nitrogens with zero attached hydrogens (tertiary/aromatic N) is 6. The van der Waals surface area contributed by atoms with Gasteiger partial charge in [-0.3, -0.25) is 19.4 Å². The summed E-state index contributed by atoms with van der Waals surface area (Å²) < 4.78 is 37.6. The summed E-state index contributed by atoms with van der Waals surface area (Å²) >= 11 is 0. The summed E-state index contributed by atoms with van der Waals surface area (Å²) in [5, 5.41) is 6.18. The summed E-state index contributed by atoms with van der Waals surface area (Å²) in [5.74, 6) is -0.179. The molecule has 2 aromatic carbocycles. The summed E-state index contributed by atoms with van der Waals surface area (Å²) in [6.45, 7) is 14.2. The van der Waals surface area contributed by atoms with Crippen LogP contribution in [-0.4, -0.2) is 106 Å². The van der Waals surface area contributed by atoms with Crippen LogP contribution in [0.3, 0.4) is 0 Å². The number of alkyl halides is 1. The lowest BCUT2D eigenvalue weighted by molar-refractivity contribution is -0.128. The predicted molar refractivity (Wildman–Crippen MR) is 217 cm³/mol. The van der Waals surface area contributed by atoms with Gasteiger partial charge in [0, 0.05) is 47.5 Å². The third-order valence-corrected chi connectivity index (χ3v) is 13.2. The smallest absolute Gasteiger partial charge is 0.251 e. The van der Waals surface area contributed by atoms with E-state index in [0.717, 1.165) is 87.3 Å². The molecule has 2 aromatic heterocycles. The van der Waals surface area contributed by atoms with Crippen LogP contribution in [0.25, 0.3) is 22.3 Å². The molecule has 1 atom stereocenters. The van der Waals surface area contributed by atoms with Crippen LogP contribution in [0.15, 0.2) is 42.7 Å². The van der Waals surface area contributed by atoms with Gasteiger partial charge >= 0.3 is 0 Å². The number of carbonyl (C=O) groups excluding carboxylic acids is 2. The molecule has 11 nitrogen and oxygen atoms in total. The zero-order valence-corrected chi connectivity index (χ0v) is 33.7. The van der Waals surface area contributed by atoms with E-state index in [0.29, 0.717) is 47.2 Å². The Kier molecular flexibility index (Phi) is 9.84. The van der Waals surface area contributed by atoms with E-state index in [1.807, 2.05) is 24.5 Å². The van der Waals surface area contributed by atoms with Crippen LogP contribution < -0.4 is 15.5 Å². The largest absolute Gasteiger partial charge is 0.378 e. The van der Waals surface area contributed by atoms with E-state index in [1.54, 1.807) is 19.3 Å². The fourth-order valence-corrected chi connectivity index (χ4v) is 9.82. The van der Waals surface area contributed by atoms with Crippen molar-refractivity contribution in [3.63, 3.8) is 0 Å². The summed E-state index contributed by atoms with van der Waals surface area (Å²) in [4.78, 5) is 44.8. The van der Waals surface area contributed by atoms with Crippen molar-refractivity contribution >= 4 is 40.0 Å². The number of hydrogen-bond donors (Lipinski definition) is 2. The lowest BCUT2D eigenvalue weighted by atomic mass is 9.73. The lowest BCUT2D eigenvalue weighted by Gasteiger charge is -2.49. The first-order chi connectivity index (χ1) is 27.4. The maximum absolute atomic E-state index is 15.7. The third-order valence-electron chi connectivity index (χ3n) is 13.2. The Hall–Kier alpha value is -4.46. The second-order valence-corrected chi connectivity index (χ2v) is 17.6. The SMILES string of the molecule is Cc1cc(F)c(Nc2nc(-c3ccc4c(c3)N([C@H]3C[C@@H](N5CCC[C@@H](F)C5)C3)C(=O)C43CCN(C4COC4)CC3)cc3ncn(C(C)C)c23)cc1C(=O)NC(C)C. The third kappa shape index (κ3) is 6.69. The van der Waals surface area contributed by atoms with Crippen molar-refractivity contribution in [3.05, 3.63) is 65.2 Å². The Balaban J connectivity index is 1.09. The fraction of sp³-hybridized carbons (Fsp3) is 0.545. The molecule has 57 heavy (non-hydrogen) atoms. The maximum Gasteiger partial charge on any atom is 0.251 e. The number of halogens is 2. The van der Waals surface area contributed by atoms with Crippen molar-refractivity contribution in [2.24, 2.45) is 0 Å². The van der Waals surface area contributed by atoms with Gasteiger partial charge in [-0.2, -0.15) is 0 Å². The lowest BCUT2D eigenvalue weighted by Crippen LogP contribution is -2.60. The highest BCUT2D eigenvalue weighted by Crippen LogP contribution is 2.52. The van der Waals surface area contributed by atoms with Crippen LogP contribution in [0.4, 0.5) is 26.0 Å². The number of likely N-dealkylation sites (tertiary alicyclic amines) is 2. The van der Waals surface area contributed by atoms with Crippen molar-refractivity contribution in [1.29, 1.82) is 0 Å². The Morgan fingerprint density at radius 3 is 2.44 bits per heavy atom. The van der Waals surface area contributed by atoms with Crippen molar-refractivity contribution in [2.45, 2.75) is 115 Å². The second kappa shape index (κ2) is 14.7. The number of nitrogens with one attached hydrogen (secondary N) is 2. The fourth-order valence-electron chi connectivity index (χ4n) is 9.82. The molecule has 6 heterocycles.